The van der Waals surface area contributed by atoms with E-state index in [-0.39, 0.29) is 0 Å². The van der Waals surface area contributed by atoms with Gasteiger partial charge in [-0.05, 0) is 22.7 Å². The van der Waals surface area contributed by atoms with Gasteiger partial charge < -0.3 is 4.43 Å². The molecule has 0 aromatic carbocycles. The second-order valence-electron chi connectivity index (χ2n) is 5.68. The van der Waals surface area contributed by atoms with Crippen LogP contribution in [0.25, 0.3) is 0 Å². The molecule has 0 fully saturated rings. The molecule has 0 heterocycles. The summed E-state index contributed by atoms with van der Waals surface area (Å²) in [5.41, 5.74) is 1.98. The van der Waals surface area contributed by atoms with Gasteiger partial charge in [0.25, 0.3) is 8.32 Å². The van der Waals surface area contributed by atoms with Crippen molar-refractivity contribution in [3.63, 3.8) is 0 Å². The molecular formula is C14H26OSi. The van der Waals surface area contributed by atoms with Crippen LogP contribution in [0.2, 0.25) is 16.6 Å². The van der Waals surface area contributed by atoms with Crippen molar-refractivity contribution in [2.45, 2.75) is 64.6 Å². The SMILES string of the molecule is CC(C)[Si](OC1=CC=CC1)(C(C)C)C(C)C. The third kappa shape index (κ3) is 2.42. The summed E-state index contributed by atoms with van der Waals surface area (Å²) in [5, 5.41) is 0. The molecule has 0 radical (unpaired) electrons. The van der Waals surface area contributed by atoms with E-state index in [4.69, 9.17) is 4.43 Å². The molecule has 0 atom stereocenters. The van der Waals surface area contributed by atoms with Crippen molar-refractivity contribution in [2.75, 3.05) is 0 Å². The van der Waals surface area contributed by atoms with E-state index in [9.17, 15) is 0 Å². The van der Waals surface area contributed by atoms with Gasteiger partial charge in [-0.15, -0.1) is 0 Å². The smallest absolute Gasteiger partial charge is 0.258 e. The lowest BCUT2D eigenvalue weighted by Crippen LogP contribution is -2.47. The summed E-state index contributed by atoms with van der Waals surface area (Å²) >= 11 is 0. The lowest BCUT2D eigenvalue weighted by atomic mass is 10.4. The maximum absolute atomic E-state index is 6.52. The molecule has 0 spiro atoms. The Morgan fingerprint density at radius 3 is 1.81 bits per heavy atom. The molecule has 92 valence electrons. The second-order valence-corrected chi connectivity index (χ2v) is 11.1. The molecule has 0 N–H and O–H groups in total. The van der Waals surface area contributed by atoms with Crippen LogP contribution in [0.4, 0.5) is 0 Å². The molecular weight excluding hydrogens is 212 g/mol. The molecule has 1 aliphatic carbocycles. The first kappa shape index (κ1) is 13.6. The zero-order valence-corrected chi connectivity index (χ0v) is 12.6. The van der Waals surface area contributed by atoms with Crippen molar-refractivity contribution >= 4 is 8.32 Å². The predicted molar refractivity (Wildman–Crippen MR) is 74.0 cm³/mol. The topological polar surface area (TPSA) is 9.23 Å². The summed E-state index contributed by atoms with van der Waals surface area (Å²) in [4.78, 5) is 0. The first-order valence-corrected chi connectivity index (χ1v) is 8.60. The first-order chi connectivity index (χ1) is 7.41. The van der Waals surface area contributed by atoms with E-state index >= 15 is 0 Å². The van der Waals surface area contributed by atoms with Gasteiger partial charge >= 0.3 is 0 Å². The fourth-order valence-corrected chi connectivity index (χ4v) is 8.40. The third-order valence-corrected chi connectivity index (χ3v) is 9.78. The van der Waals surface area contributed by atoms with E-state index in [1.165, 1.54) is 5.76 Å². The summed E-state index contributed by atoms with van der Waals surface area (Å²) in [6.07, 6.45) is 7.40. The van der Waals surface area contributed by atoms with E-state index in [1.807, 2.05) is 0 Å². The highest BCUT2D eigenvalue weighted by atomic mass is 28.4. The van der Waals surface area contributed by atoms with Crippen molar-refractivity contribution < 1.29 is 4.43 Å². The Labute approximate surface area is 102 Å². The van der Waals surface area contributed by atoms with Crippen molar-refractivity contribution in [3.05, 3.63) is 24.0 Å². The number of allylic oxidation sites excluding steroid dienone is 3. The second kappa shape index (κ2) is 5.22. The maximum atomic E-state index is 6.52. The number of rotatable bonds is 5. The molecule has 0 bridgehead atoms. The molecule has 1 rings (SSSR count). The van der Waals surface area contributed by atoms with Crippen LogP contribution in [-0.4, -0.2) is 8.32 Å². The lowest BCUT2D eigenvalue weighted by Gasteiger charge is -2.42. The zero-order valence-electron chi connectivity index (χ0n) is 11.6. The fourth-order valence-electron chi connectivity index (χ4n) is 3.08. The van der Waals surface area contributed by atoms with E-state index in [0.717, 1.165) is 6.42 Å². The van der Waals surface area contributed by atoms with Crippen LogP contribution in [0.5, 0.6) is 0 Å². The van der Waals surface area contributed by atoms with E-state index in [0.29, 0.717) is 16.6 Å². The average Bonchev–Trinajstić information content (AvgIpc) is 2.64. The summed E-state index contributed by atoms with van der Waals surface area (Å²) in [6, 6.07) is 0. The third-order valence-electron chi connectivity index (χ3n) is 3.75. The molecule has 0 saturated heterocycles. The first-order valence-electron chi connectivity index (χ1n) is 6.46. The van der Waals surface area contributed by atoms with Crippen LogP contribution in [0, 0.1) is 0 Å². The molecule has 0 aliphatic heterocycles. The van der Waals surface area contributed by atoms with Gasteiger partial charge in [0, 0.05) is 6.42 Å². The molecule has 2 heteroatoms. The number of hydrogen-bond acceptors (Lipinski definition) is 1. The van der Waals surface area contributed by atoms with Gasteiger partial charge in [0.2, 0.25) is 0 Å². The van der Waals surface area contributed by atoms with Crippen molar-refractivity contribution in [1.82, 2.24) is 0 Å². The van der Waals surface area contributed by atoms with Gasteiger partial charge in [-0.25, -0.2) is 0 Å². The molecule has 0 aromatic heterocycles. The van der Waals surface area contributed by atoms with Gasteiger partial charge in [0.1, 0.15) is 0 Å². The Kier molecular flexibility index (Phi) is 4.42. The van der Waals surface area contributed by atoms with Crippen LogP contribution < -0.4 is 0 Å². The minimum absolute atomic E-state index is 0.661. The summed E-state index contributed by atoms with van der Waals surface area (Å²) < 4.78 is 6.52. The molecule has 16 heavy (non-hydrogen) atoms. The molecule has 1 nitrogen and oxygen atoms in total. The predicted octanol–water partition coefficient (Wildman–Crippen LogP) is 5.02. The van der Waals surface area contributed by atoms with Crippen LogP contribution >= 0.6 is 0 Å². The Balaban J connectivity index is 2.93. The summed E-state index contributed by atoms with van der Waals surface area (Å²) in [5.74, 6) is 1.18. The molecule has 0 saturated carbocycles. The van der Waals surface area contributed by atoms with Gasteiger partial charge in [-0.3, -0.25) is 0 Å². The zero-order chi connectivity index (χ0) is 12.3. The number of hydrogen-bond donors (Lipinski definition) is 0. The molecule has 0 amide bonds. The highest BCUT2D eigenvalue weighted by molar-refractivity contribution is 6.77. The minimum atomic E-state index is -1.70. The van der Waals surface area contributed by atoms with Gasteiger partial charge in [0.15, 0.2) is 0 Å². The van der Waals surface area contributed by atoms with Gasteiger partial charge in [0.05, 0.1) is 5.76 Å². The Morgan fingerprint density at radius 2 is 1.50 bits per heavy atom. The van der Waals surface area contributed by atoms with Gasteiger partial charge in [-0.2, -0.15) is 0 Å². The van der Waals surface area contributed by atoms with E-state index in [1.54, 1.807) is 0 Å². The standard InChI is InChI=1S/C14H26OSi/c1-11(2)16(12(3)4,13(5)6)15-14-9-7-8-10-14/h7-9,11-13H,10H2,1-6H3. The van der Waals surface area contributed by atoms with E-state index < -0.39 is 8.32 Å². The molecule has 0 aromatic rings. The van der Waals surface area contributed by atoms with Crippen molar-refractivity contribution in [1.29, 1.82) is 0 Å². The van der Waals surface area contributed by atoms with E-state index in [2.05, 4.69) is 59.8 Å². The van der Waals surface area contributed by atoms with Crippen LogP contribution in [0.1, 0.15) is 48.0 Å². The largest absolute Gasteiger partial charge is 0.545 e. The highest BCUT2D eigenvalue weighted by Crippen LogP contribution is 2.44. The van der Waals surface area contributed by atoms with Crippen molar-refractivity contribution in [2.24, 2.45) is 0 Å². The highest BCUT2D eigenvalue weighted by Gasteiger charge is 2.47. The maximum Gasteiger partial charge on any atom is 0.258 e. The Bertz CT molecular complexity index is 265. The Hall–Kier alpha value is -0.503. The minimum Gasteiger partial charge on any atom is -0.545 e. The Morgan fingerprint density at radius 1 is 1.00 bits per heavy atom. The van der Waals surface area contributed by atoms with Crippen molar-refractivity contribution in [3.8, 4) is 0 Å². The van der Waals surface area contributed by atoms with Crippen LogP contribution in [0.15, 0.2) is 24.0 Å². The van der Waals surface area contributed by atoms with Crippen LogP contribution in [-0.2, 0) is 4.43 Å². The quantitative estimate of drug-likeness (QED) is 0.611. The van der Waals surface area contributed by atoms with Gasteiger partial charge in [-0.1, -0.05) is 53.7 Å². The average molecular weight is 238 g/mol. The molecule has 0 unspecified atom stereocenters. The summed E-state index contributed by atoms with van der Waals surface area (Å²) in [6.45, 7) is 14.0. The lowest BCUT2D eigenvalue weighted by molar-refractivity contribution is 0.366. The summed E-state index contributed by atoms with van der Waals surface area (Å²) in [7, 11) is -1.70. The molecule has 1 aliphatic rings. The monoisotopic (exact) mass is 238 g/mol. The fraction of sp³-hybridized carbons (Fsp3) is 0.714. The van der Waals surface area contributed by atoms with Crippen LogP contribution in [0.3, 0.4) is 0 Å². The normalized spacial score (nSPS) is 16.4.